The van der Waals surface area contributed by atoms with Gasteiger partial charge in [-0.15, -0.1) is 0 Å². The van der Waals surface area contributed by atoms with Crippen LogP contribution < -0.4 is 0 Å². The molecule has 0 aromatic carbocycles. The van der Waals surface area contributed by atoms with Crippen LogP contribution >= 0.6 is 0 Å². The second-order valence-corrected chi connectivity index (χ2v) is 4.79. The van der Waals surface area contributed by atoms with E-state index in [1.165, 1.54) is 6.08 Å². The van der Waals surface area contributed by atoms with Crippen LogP contribution in [-0.4, -0.2) is 12.1 Å². The van der Waals surface area contributed by atoms with Crippen molar-refractivity contribution in [3.05, 3.63) is 12.2 Å². The molecule has 0 aromatic heterocycles. The van der Waals surface area contributed by atoms with E-state index in [1.54, 1.807) is 6.08 Å². The first-order chi connectivity index (χ1) is 6.47. The van der Waals surface area contributed by atoms with Crippen molar-refractivity contribution in [2.24, 2.45) is 11.3 Å². The predicted octanol–water partition coefficient (Wildman–Crippen LogP) is 2.93. The van der Waals surface area contributed by atoms with Crippen LogP contribution in [0.5, 0.6) is 0 Å². The summed E-state index contributed by atoms with van der Waals surface area (Å²) in [6.07, 6.45) is 5.44. The Kier molecular flexibility index (Phi) is 3.35. The topological polar surface area (TPSA) is 26.3 Å². The van der Waals surface area contributed by atoms with Crippen LogP contribution in [0.1, 0.15) is 40.5 Å². The molecule has 1 aliphatic carbocycles. The number of ether oxygens (including phenoxy) is 1. The molecule has 0 radical (unpaired) electrons. The average molecular weight is 196 g/mol. The highest BCUT2D eigenvalue weighted by Crippen LogP contribution is 2.43. The predicted molar refractivity (Wildman–Crippen MR) is 56.9 cm³/mol. The van der Waals surface area contributed by atoms with Gasteiger partial charge in [-0.05, 0) is 31.1 Å². The van der Waals surface area contributed by atoms with E-state index < -0.39 is 0 Å². The summed E-state index contributed by atoms with van der Waals surface area (Å²) < 4.78 is 5.37. The van der Waals surface area contributed by atoms with Gasteiger partial charge in [0.15, 0.2) is 0 Å². The summed E-state index contributed by atoms with van der Waals surface area (Å²) in [4.78, 5) is 11.2. The lowest BCUT2D eigenvalue weighted by molar-refractivity contribution is -0.145. The van der Waals surface area contributed by atoms with Crippen molar-refractivity contribution < 1.29 is 9.53 Å². The Morgan fingerprint density at radius 2 is 2.14 bits per heavy atom. The van der Waals surface area contributed by atoms with Gasteiger partial charge in [0.2, 0.25) is 0 Å². The highest BCUT2D eigenvalue weighted by molar-refractivity contribution is 5.81. The molecule has 1 aliphatic rings. The van der Waals surface area contributed by atoms with Crippen molar-refractivity contribution in [1.82, 2.24) is 0 Å². The van der Waals surface area contributed by atoms with E-state index in [4.69, 9.17) is 4.74 Å². The SMILES string of the molecule is CC=CC(=O)OC1CCC(C)(C)C1C. The minimum absolute atomic E-state index is 0.105. The van der Waals surface area contributed by atoms with Gasteiger partial charge in [-0.3, -0.25) is 0 Å². The van der Waals surface area contributed by atoms with Crippen LogP contribution in [0.25, 0.3) is 0 Å². The van der Waals surface area contributed by atoms with Crippen molar-refractivity contribution in [3.63, 3.8) is 0 Å². The number of rotatable bonds is 2. The van der Waals surface area contributed by atoms with Crippen LogP contribution in [0.2, 0.25) is 0 Å². The quantitative estimate of drug-likeness (QED) is 0.501. The Hall–Kier alpha value is -0.790. The summed E-state index contributed by atoms with van der Waals surface area (Å²) in [6, 6.07) is 0. The van der Waals surface area contributed by atoms with E-state index in [9.17, 15) is 4.79 Å². The molecular formula is C12H20O2. The van der Waals surface area contributed by atoms with Crippen molar-refractivity contribution in [2.45, 2.75) is 46.6 Å². The minimum Gasteiger partial charge on any atom is -0.459 e. The summed E-state index contributed by atoms with van der Waals surface area (Å²) >= 11 is 0. The van der Waals surface area contributed by atoms with Crippen LogP contribution in [0, 0.1) is 11.3 Å². The Morgan fingerprint density at radius 3 is 2.57 bits per heavy atom. The van der Waals surface area contributed by atoms with Gasteiger partial charge < -0.3 is 4.74 Å². The zero-order chi connectivity index (χ0) is 10.8. The molecule has 0 amide bonds. The monoisotopic (exact) mass is 196 g/mol. The maximum Gasteiger partial charge on any atom is 0.330 e. The molecular weight excluding hydrogens is 176 g/mol. The Labute approximate surface area is 86.3 Å². The molecule has 0 spiro atoms. The van der Waals surface area contributed by atoms with Crippen molar-refractivity contribution >= 4 is 5.97 Å². The second-order valence-electron chi connectivity index (χ2n) is 4.79. The molecule has 1 rings (SSSR count). The van der Waals surface area contributed by atoms with Gasteiger partial charge in [0, 0.05) is 6.08 Å². The summed E-state index contributed by atoms with van der Waals surface area (Å²) in [6.45, 7) is 8.46. The summed E-state index contributed by atoms with van der Waals surface area (Å²) in [5, 5.41) is 0. The van der Waals surface area contributed by atoms with Gasteiger partial charge >= 0.3 is 5.97 Å². The first-order valence-corrected chi connectivity index (χ1v) is 5.30. The van der Waals surface area contributed by atoms with Crippen LogP contribution in [-0.2, 0) is 9.53 Å². The smallest absolute Gasteiger partial charge is 0.330 e. The molecule has 2 unspecified atom stereocenters. The highest BCUT2D eigenvalue weighted by atomic mass is 16.5. The van der Waals surface area contributed by atoms with Crippen LogP contribution in [0.4, 0.5) is 0 Å². The molecule has 1 fully saturated rings. The van der Waals surface area contributed by atoms with E-state index in [0.29, 0.717) is 11.3 Å². The molecule has 80 valence electrons. The molecule has 14 heavy (non-hydrogen) atoms. The molecule has 2 heteroatoms. The Balaban J connectivity index is 2.52. The lowest BCUT2D eigenvalue weighted by Crippen LogP contribution is -2.26. The molecule has 0 saturated heterocycles. The molecule has 0 N–H and O–H groups in total. The van der Waals surface area contributed by atoms with Gasteiger partial charge in [0.1, 0.15) is 6.10 Å². The van der Waals surface area contributed by atoms with E-state index in [0.717, 1.165) is 12.8 Å². The fourth-order valence-corrected chi connectivity index (χ4v) is 1.98. The third kappa shape index (κ3) is 2.37. The third-order valence-corrected chi connectivity index (χ3v) is 3.43. The molecule has 0 heterocycles. The summed E-state index contributed by atoms with van der Waals surface area (Å²) in [5.41, 5.74) is 0.306. The standard InChI is InChI=1S/C12H20O2/c1-5-6-11(13)14-10-7-8-12(3,4)9(10)2/h5-6,9-10H,7-8H2,1-4H3. The fourth-order valence-electron chi connectivity index (χ4n) is 1.98. The second kappa shape index (κ2) is 4.16. The number of esters is 1. The van der Waals surface area contributed by atoms with E-state index >= 15 is 0 Å². The van der Waals surface area contributed by atoms with Crippen LogP contribution in [0.15, 0.2) is 12.2 Å². The molecule has 1 saturated carbocycles. The fraction of sp³-hybridized carbons (Fsp3) is 0.750. The lowest BCUT2D eigenvalue weighted by atomic mass is 9.83. The number of carbonyl (C=O) groups excluding carboxylic acids is 1. The minimum atomic E-state index is -0.206. The molecule has 2 atom stereocenters. The normalized spacial score (nSPS) is 30.9. The van der Waals surface area contributed by atoms with Crippen molar-refractivity contribution in [1.29, 1.82) is 0 Å². The maximum absolute atomic E-state index is 11.2. The summed E-state index contributed by atoms with van der Waals surface area (Å²) in [5.74, 6) is 0.249. The van der Waals surface area contributed by atoms with Crippen LogP contribution in [0.3, 0.4) is 0 Å². The zero-order valence-corrected chi connectivity index (χ0v) is 9.54. The third-order valence-electron chi connectivity index (χ3n) is 3.43. The highest BCUT2D eigenvalue weighted by Gasteiger charge is 2.40. The van der Waals surface area contributed by atoms with E-state index in [2.05, 4.69) is 20.8 Å². The van der Waals surface area contributed by atoms with Gasteiger partial charge in [-0.1, -0.05) is 26.8 Å². The molecule has 2 nitrogen and oxygen atoms in total. The molecule has 0 aromatic rings. The first-order valence-electron chi connectivity index (χ1n) is 5.30. The Morgan fingerprint density at radius 1 is 1.50 bits per heavy atom. The van der Waals surface area contributed by atoms with E-state index in [1.807, 2.05) is 6.92 Å². The average Bonchev–Trinajstić information content (AvgIpc) is 2.33. The Bertz CT molecular complexity index is 241. The number of allylic oxidation sites excluding steroid dienone is 1. The van der Waals surface area contributed by atoms with Gasteiger partial charge in [0.05, 0.1) is 0 Å². The van der Waals surface area contributed by atoms with Crippen molar-refractivity contribution in [2.75, 3.05) is 0 Å². The number of carbonyl (C=O) groups is 1. The van der Waals surface area contributed by atoms with Gasteiger partial charge in [0.25, 0.3) is 0 Å². The van der Waals surface area contributed by atoms with E-state index in [-0.39, 0.29) is 12.1 Å². The first kappa shape index (κ1) is 11.3. The molecule has 0 aliphatic heterocycles. The molecule has 0 bridgehead atoms. The van der Waals surface area contributed by atoms with Gasteiger partial charge in [-0.2, -0.15) is 0 Å². The van der Waals surface area contributed by atoms with Gasteiger partial charge in [-0.25, -0.2) is 4.79 Å². The number of hydrogen-bond donors (Lipinski definition) is 0. The maximum atomic E-state index is 11.2. The summed E-state index contributed by atoms with van der Waals surface area (Å²) in [7, 11) is 0. The lowest BCUT2D eigenvalue weighted by Gasteiger charge is -2.26. The number of hydrogen-bond acceptors (Lipinski definition) is 2. The van der Waals surface area contributed by atoms with Crippen molar-refractivity contribution in [3.8, 4) is 0 Å². The zero-order valence-electron chi connectivity index (χ0n) is 9.54. The largest absolute Gasteiger partial charge is 0.459 e.